The molecular formula is C29H30N4O3. The van der Waals surface area contributed by atoms with Gasteiger partial charge in [-0.1, -0.05) is 60.2 Å². The average Bonchev–Trinajstić information content (AvgIpc) is 3.31. The number of aryl methyl sites for hydroxylation is 1. The second kappa shape index (κ2) is 10.9. The van der Waals surface area contributed by atoms with Crippen LogP contribution in [0.3, 0.4) is 0 Å². The van der Waals surface area contributed by atoms with Crippen LogP contribution in [0.5, 0.6) is 5.75 Å². The normalized spacial score (nSPS) is 10.8. The molecule has 0 radical (unpaired) electrons. The molecule has 0 unspecified atom stereocenters. The number of aromatic nitrogens is 2. The minimum Gasteiger partial charge on any atom is -0.496 e. The van der Waals surface area contributed by atoms with Gasteiger partial charge in [-0.15, -0.1) is 0 Å². The van der Waals surface area contributed by atoms with Crippen LogP contribution in [-0.4, -0.2) is 46.2 Å². The Bertz CT molecular complexity index is 1340. The number of amides is 2. The van der Waals surface area contributed by atoms with E-state index in [1.54, 1.807) is 28.9 Å². The molecule has 0 spiro atoms. The van der Waals surface area contributed by atoms with Gasteiger partial charge in [0.25, 0.3) is 5.91 Å². The predicted octanol–water partition coefficient (Wildman–Crippen LogP) is 5.35. The van der Waals surface area contributed by atoms with Gasteiger partial charge in [-0.25, -0.2) is 4.68 Å². The summed E-state index contributed by atoms with van der Waals surface area (Å²) in [4.78, 5) is 28.1. The number of carbonyl (C=O) groups excluding carboxylic acids is 2. The number of carbonyl (C=O) groups is 2. The average molecular weight is 483 g/mol. The molecule has 0 saturated heterocycles. The summed E-state index contributed by atoms with van der Waals surface area (Å²) in [5.74, 6) is 0.407. The lowest BCUT2D eigenvalue weighted by atomic mass is 10.1. The molecule has 4 rings (SSSR count). The number of methoxy groups -OCH3 is 1. The van der Waals surface area contributed by atoms with E-state index >= 15 is 0 Å². The quantitative estimate of drug-likeness (QED) is 0.368. The van der Waals surface area contributed by atoms with Crippen LogP contribution < -0.4 is 10.1 Å². The molecule has 0 saturated carbocycles. The van der Waals surface area contributed by atoms with Gasteiger partial charge in [-0.2, -0.15) is 5.10 Å². The molecule has 4 aromatic rings. The SMILES string of the molecule is COc1ccccc1C(=O)N(CC(=O)Nc1cc(-c2ccccc2)nn1-c1ccc(C)cc1)C(C)C. The molecular weight excluding hydrogens is 452 g/mol. The van der Waals surface area contributed by atoms with Crippen molar-refractivity contribution in [2.75, 3.05) is 19.0 Å². The van der Waals surface area contributed by atoms with Gasteiger partial charge in [0.2, 0.25) is 5.91 Å². The van der Waals surface area contributed by atoms with Crippen molar-refractivity contribution >= 4 is 17.6 Å². The lowest BCUT2D eigenvalue weighted by molar-refractivity contribution is -0.117. The summed E-state index contributed by atoms with van der Waals surface area (Å²) in [5, 5.41) is 7.73. The zero-order valence-electron chi connectivity index (χ0n) is 20.9. The Labute approximate surface area is 211 Å². The van der Waals surface area contributed by atoms with Crippen LogP contribution in [0.15, 0.2) is 84.9 Å². The van der Waals surface area contributed by atoms with Crippen LogP contribution in [0.25, 0.3) is 16.9 Å². The molecule has 0 aliphatic carbocycles. The van der Waals surface area contributed by atoms with Gasteiger partial charge in [0.15, 0.2) is 0 Å². The molecule has 3 aromatic carbocycles. The molecule has 0 aliphatic heterocycles. The van der Waals surface area contributed by atoms with E-state index in [0.717, 1.165) is 22.5 Å². The third-order valence-corrected chi connectivity index (χ3v) is 5.86. The van der Waals surface area contributed by atoms with E-state index < -0.39 is 0 Å². The number of para-hydroxylation sites is 1. The first-order valence-corrected chi connectivity index (χ1v) is 11.8. The van der Waals surface area contributed by atoms with E-state index in [1.807, 2.05) is 81.4 Å². The van der Waals surface area contributed by atoms with E-state index in [4.69, 9.17) is 9.84 Å². The smallest absolute Gasteiger partial charge is 0.258 e. The van der Waals surface area contributed by atoms with E-state index in [0.29, 0.717) is 17.1 Å². The van der Waals surface area contributed by atoms with Crippen molar-refractivity contribution in [2.45, 2.75) is 26.8 Å². The Morgan fingerprint density at radius 2 is 1.64 bits per heavy atom. The Balaban J connectivity index is 1.62. The van der Waals surface area contributed by atoms with Crippen LogP contribution in [0, 0.1) is 6.92 Å². The van der Waals surface area contributed by atoms with E-state index in [9.17, 15) is 9.59 Å². The van der Waals surface area contributed by atoms with Gasteiger partial charge < -0.3 is 15.0 Å². The first kappa shape index (κ1) is 24.7. The largest absolute Gasteiger partial charge is 0.496 e. The number of ether oxygens (including phenoxy) is 1. The van der Waals surface area contributed by atoms with Crippen molar-refractivity contribution in [1.29, 1.82) is 0 Å². The number of anilines is 1. The van der Waals surface area contributed by atoms with E-state index in [2.05, 4.69) is 5.32 Å². The van der Waals surface area contributed by atoms with Crippen molar-refractivity contribution in [2.24, 2.45) is 0 Å². The molecule has 7 nitrogen and oxygen atoms in total. The Kier molecular flexibility index (Phi) is 7.49. The molecule has 7 heteroatoms. The Hall–Kier alpha value is -4.39. The van der Waals surface area contributed by atoms with Crippen molar-refractivity contribution < 1.29 is 14.3 Å². The topological polar surface area (TPSA) is 76.5 Å². The van der Waals surface area contributed by atoms with Gasteiger partial charge in [-0.05, 0) is 45.0 Å². The maximum atomic E-state index is 13.3. The molecule has 184 valence electrons. The maximum Gasteiger partial charge on any atom is 0.258 e. The third-order valence-electron chi connectivity index (χ3n) is 5.86. The van der Waals surface area contributed by atoms with Crippen LogP contribution in [-0.2, 0) is 4.79 Å². The minimum absolute atomic E-state index is 0.117. The van der Waals surface area contributed by atoms with Gasteiger partial charge in [0.1, 0.15) is 18.1 Å². The summed E-state index contributed by atoms with van der Waals surface area (Å²) in [6.45, 7) is 5.66. The first-order valence-electron chi connectivity index (χ1n) is 11.8. The third kappa shape index (κ3) is 5.46. The second-order valence-electron chi connectivity index (χ2n) is 8.80. The Morgan fingerprint density at radius 3 is 2.31 bits per heavy atom. The fourth-order valence-electron chi connectivity index (χ4n) is 3.90. The number of hydrogen-bond acceptors (Lipinski definition) is 4. The first-order chi connectivity index (χ1) is 17.4. The van der Waals surface area contributed by atoms with Crippen molar-refractivity contribution in [1.82, 2.24) is 14.7 Å². The van der Waals surface area contributed by atoms with Crippen molar-refractivity contribution in [3.05, 3.63) is 96.1 Å². The molecule has 0 fully saturated rings. The standard InChI is InChI=1S/C29H30N4O3/c1-20(2)32(29(35)24-12-8-9-13-26(24)36-4)19-28(34)30-27-18-25(22-10-6-5-7-11-22)31-33(27)23-16-14-21(3)15-17-23/h5-18,20H,19H2,1-4H3,(H,30,34). The van der Waals surface area contributed by atoms with E-state index in [-0.39, 0.29) is 24.4 Å². The fourth-order valence-corrected chi connectivity index (χ4v) is 3.90. The molecule has 2 amide bonds. The predicted molar refractivity (Wildman–Crippen MR) is 142 cm³/mol. The summed E-state index contributed by atoms with van der Waals surface area (Å²) >= 11 is 0. The summed E-state index contributed by atoms with van der Waals surface area (Å²) in [6.07, 6.45) is 0. The molecule has 1 N–H and O–H groups in total. The minimum atomic E-state index is -0.320. The highest BCUT2D eigenvalue weighted by Crippen LogP contribution is 2.25. The van der Waals surface area contributed by atoms with Crippen LogP contribution in [0.2, 0.25) is 0 Å². The monoisotopic (exact) mass is 482 g/mol. The maximum absolute atomic E-state index is 13.3. The number of nitrogens with one attached hydrogen (secondary N) is 1. The molecule has 36 heavy (non-hydrogen) atoms. The van der Waals surface area contributed by atoms with E-state index in [1.165, 1.54) is 12.0 Å². The lowest BCUT2D eigenvalue weighted by Gasteiger charge is -2.27. The molecule has 1 heterocycles. The summed E-state index contributed by atoms with van der Waals surface area (Å²) in [6, 6.07) is 26.4. The van der Waals surface area contributed by atoms with Crippen LogP contribution in [0.1, 0.15) is 29.8 Å². The number of nitrogens with zero attached hydrogens (tertiary/aromatic N) is 3. The molecule has 0 aliphatic rings. The summed E-state index contributed by atoms with van der Waals surface area (Å²) < 4.78 is 7.06. The summed E-state index contributed by atoms with van der Waals surface area (Å²) in [5.41, 5.74) is 4.04. The highest BCUT2D eigenvalue weighted by molar-refractivity contribution is 6.01. The highest BCUT2D eigenvalue weighted by atomic mass is 16.5. The highest BCUT2D eigenvalue weighted by Gasteiger charge is 2.25. The second-order valence-corrected chi connectivity index (χ2v) is 8.80. The van der Waals surface area contributed by atoms with Crippen molar-refractivity contribution in [3.8, 4) is 22.7 Å². The zero-order chi connectivity index (χ0) is 25.7. The van der Waals surface area contributed by atoms with Crippen LogP contribution in [0.4, 0.5) is 5.82 Å². The molecule has 0 atom stereocenters. The number of hydrogen-bond donors (Lipinski definition) is 1. The Morgan fingerprint density at radius 1 is 0.972 bits per heavy atom. The fraction of sp³-hybridized carbons (Fsp3) is 0.207. The van der Waals surface area contributed by atoms with Gasteiger partial charge >= 0.3 is 0 Å². The van der Waals surface area contributed by atoms with Gasteiger partial charge in [-0.3, -0.25) is 9.59 Å². The number of benzene rings is 3. The van der Waals surface area contributed by atoms with Crippen LogP contribution >= 0.6 is 0 Å². The molecule has 0 bridgehead atoms. The lowest BCUT2D eigenvalue weighted by Crippen LogP contribution is -2.42. The zero-order valence-corrected chi connectivity index (χ0v) is 20.9. The van der Waals surface area contributed by atoms with Gasteiger partial charge in [0.05, 0.1) is 24.1 Å². The van der Waals surface area contributed by atoms with Gasteiger partial charge in [0, 0.05) is 17.7 Å². The number of rotatable bonds is 8. The summed E-state index contributed by atoms with van der Waals surface area (Å²) in [7, 11) is 1.52. The van der Waals surface area contributed by atoms with Crippen molar-refractivity contribution in [3.63, 3.8) is 0 Å². The molecule has 1 aromatic heterocycles.